The first kappa shape index (κ1) is 24.1. The minimum absolute atomic E-state index is 0.0926. The van der Waals surface area contributed by atoms with Crippen molar-refractivity contribution in [1.82, 2.24) is 15.1 Å². The van der Waals surface area contributed by atoms with Crippen LogP contribution in [0.3, 0.4) is 0 Å². The Hall–Kier alpha value is -2.61. The van der Waals surface area contributed by atoms with E-state index in [9.17, 15) is 4.79 Å². The SMILES string of the molecule is COCCCN1C=C(CN(C(=O)[C@H]2CNC[C@@H](COc3ccccc3)O2)C2CC2)C2C=CC=CC21. The molecular formula is C28H37N3O4. The second-order valence-corrected chi connectivity index (χ2v) is 9.80. The summed E-state index contributed by atoms with van der Waals surface area (Å²) in [6.45, 7) is 4.02. The van der Waals surface area contributed by atoms with Crippen LogP contribution in [-0.4, -0.2) is 86.5 Å². The molecule has 188 valence electrons. The van der Waals surface area contributed by atoms with Gasteiger partial charge in [-0.05, 0) is 37.0 Å². The highest BCUT2D eigenvalue weighted by Crippen LogP contribution is 2.36. The largest absolute Gasteiger partial charge is 0.491 e. The maximum atomic E-state index is 13.7. The summed E-state index contributed by atoms with van der Waals surface area (Å²) in [6.07, 6.45) is 13.6. The second-order valence-electron chi connectivity index (χ2n) is 9.80. The van der Waals surface area contributed by atoms with Crippen molar-refractivity contribution in [1.29, 1.82) is 0 Å². The second kappa shape index (κ2) is 11.4. The van der Waals surface area contributed by atoms with Crippen LogP contribution in [0.15, 0.2) is 66.4 Å². The third-order valence-electron chi connectivity index (χ3n) is 7.15. The number of allylic oxidation sites excluding steroid dienone is 2. The van der Waals surface area contributed by atoms with Crippen LogP contribution in [0.5, 0.6) is 5.75 Å². The minimum Gasteiger partial charge on any atom is -0.491 e. The number of nitrogens with one attached hydrogen (secondary N) is 1. The number of benzene rings is 1. The summed E-state index contributed by atoms with van der Waals surface area (Å²) in [4.78, 5) is 18.1. The Kier molecular flexibility index (Phi) is 7.86. The average molecular weight is 480 g/mol. The summed E-state index contributed by atoms with van der Waals surface area (Å²) >= 11 is 0. The fourth-order valence-corrected chi connectivity index (χ4v) is 5.20. The lowest BCUT2D eigenvalue weighted by Crippen LogP contribution is -2.54. The van der Waals surface area contributed by atoms with Gasteiger partial charge in [-0.3, -0.25) is 4.79 Å². The zero-order valence-corrected chi connectivity index (χ0v) is 20.6. The molecule has 1 saturated heterocycles. The van der Waals surface area contributed by atoms with Crippen molar-refractivity contribution in [3.63, 3.8) is 0 Å². The summed E-state index contributed by atoms with van der Waals surface area (Å²) in [5.74, 6) is 1.22. The van der Waals surface area contributed by atoms with Gasteiger partial charge in [0, 0.05) is 58.1 Å². The maximum absolute atomic E-state index is 13.7. The van der Waals surface area contributed by atoms with E-state index in [1.54, 1.807) is 7.11 Å². The Morgan fingerprint density at radius 1 is 1.17 bits per heavy atom. The van der Waals surface area contributed by atoms with Gasteiger partial charge in [0.05, 0.1) is 6.04 Å². The van der Waals surface area contributed by atoms with Crippen molar-refractivity contribution >= 4 is 5.91 Å². The van der Waals surface area contributed by atoms with E-state index < -0.39 is 6.10 Å². The summed E-state index contributed by atoms with van der Waals surface area (Å²) < 4.78 is 17.4. The summed E-state index contributed by atoms with van der Waals surface area (Å²) in [5.41, 5.74) is 1.31. The monoisotopic (exact) mass is 479 g/mol. The highest BCUT2D eigenvalue weighted by atomic mass is 16.5. The number of hydrogen-bond acceptors (Lipinski definition) is 6. The molecule has 2 fully saturated rings. The van der Waals surface area contributed by atoms with Crippen molar-refractivity contribution in [2.45, 2.75) is 43.6 Å². The zero-order valence-electron chi connectivity index (χ0n) is 20.6. The smallest absolute Gasteiger partial charge is 0.253 e. The van der Waals surface area contributed by atoms with Gasteiger partial charge >= 0.3 is 0 Å². The van der Waals surface area contributed by atoms with Crippen LogP contribution in [-0.2, 0) is 14.3 Å². The van der Waals surface area contributed by atoms with Crippen molar-refractivity contribution < 1.29 is 19.0 Å². The third-order valence-corrected chi connectivity index (χ3v) is 7.15. The number of methoxy groups -OCH3 is 1. The molecule has 2 unspecified atom stereocenters. The van der Waals surface area contributed by atoms with Gasteiger partial charge < -0.3 is 29.3 Å². The van der Waals surface area contributed by atoms with E-state index in [-0.39, 0.29) is 12.0 Å². The molecule has 7 nitrogen and oxygen atoms in total. The van der Waals surface area contributed by atoms with E-state index in [0.29, 0.717) is 44.2 Å². The lowest BCUT2D eigenvalue weighted by molar-refractivity contribution is -0.152. The molecule has 1 saturated carbocycles. The lowest BCUT2D eigenvalue weighted by Gasteiger charge is -2.34. The van der Waals surface area contributed by atoms with E-state index in [0.717, 1.165) is 38.2 Å². The highest BCUT2D eigenvalue weighted by molar-refractivity contribution is 5.82. The molecule has 7 heteroatoms. The van der Waals surface area contributed by atoms with Crippen LogP contribution < -0.4 is 10.1 Å². The van der Waals surface area contributed by atoms with Crippen molar-refractivity contribution in [2.75, 3.05) is 46.5 Å². The fraction of sp³-hybridized carbons (Fsp3) is 0.536. The number of carbonyl (C=O) groups excluding carboxylic acids is 1. The number of para-hydroxylation sites is 1. The van der Waals surface area contributed by atoms with Crippen molar-refractivity contribution in [2.24, 2.45) is 5.92 Å². The summed E-state index contributed by atoms with van der Waals surface area (Å²) in [5, 5.41) is 3.38. The molecular weight excluding hydrogens is 442 g/mol. The van der Waals surface area contributed by atoms with Gasteiger partial charge in [0.1, 0.15) is 24.6 Å². The number of fused-ring (bicyclic) bond motifs is 1. The molecule has 4 atom stereocenters. The number of nitrogens with zero attached hydrogens (tertiary/aromatic N) is 2. The van der Waals surface area contributed by atoms with Crippen LogP contribution in [0.2, 0.25) is 0 Å². The number of hydrogen-bond donors (Lipinski definition) is 1. The first-order valence-corrected chi connectivity index (χ1v) is 12.9. The number of morpholine rings is 1. The van der Waals surface area contributed by atoms with Gasteiger partial charge in [-0.1, -0.05) is 42.5 Å². The molecule has 5 rings (SSSR count). The fourth-order valence-electron chi connectivity index (χ4n) is 5.20. The Morgan fingerprint density at radius 2 is 2.00 bits per heavy atom. The van der Waals surface area contributed by atoms with Crippen LogP contribution >= 0.6 is 0 Å². The Morgan fingerprint density at radius 3 is 2.80 bits per heavy atom. The number of rotatable bonds is 11. The highest BCUT2D eigenvalue weighted by Gasteiger charge is 2.41. The van der Waals surface area contributed by atoms with Crippen LogP contribution in [0.4, 0.5) is 0 Å². The average Bonchev–Trinajstić information content (AvgIpc) is 3.69. The van der Waals surface area contributed by atoms with E-state index in [2.05, 4.69) is 45.6 Å². The summed E-state index contributed by atoms with van der Waals surface area (Å²) in [6, 6.07) is 10.4. The topological polar surface area (TPSA) is 63.3 Å². The van der Waals surface area contributed by atoms with Gasteiger partial charge in [0.15, 0.2) is 0 Å². The molecule has 35 heavy (non-hydrogen) atoms. The van der Waals surface area contributed by atoms with Gasteiger partial charge in [0.25, 0.3) is 5.91 Å². The number of ether oxygens (including phenoxy) is 3. The predicted octanol–water partition coefficient (Wildman–Crippen LogP) is 2.76. The van der Waals surface area contributed by atoms with Gasteiger partial charge in [-0.2, -0.15) is 0 Å². The van der Waals surface area contributed by atoms with E-state index >= 15 is 0 Å². The van der Waals surface area contributed by atoms with Crippen LogP contribution in [0.25, 0.3) is 0 Å². The number of amides is 1. The quantitative estimate of drug-likeness (QED) is 0.493. The normalized spacial score (nSPS) is 27.5. The Balaban J connectivity index is 1.22. The molecule has 1 amide bonds. The van der Waals surface area contributed by atoms with Crippen LogP contribution in [0, 0.1) is 5.92 Å². The molecule has 1 N–H and O–H groups in total. The van der Waals surface area contributed by atoms with E-state index in [1.807, 2.05) is 30.3 Å². The van der Waals surface area contributed by atoms with E-state index in [1.165, 1.54) is 5.57 Å². The molecule has 2 aliphatic carbocycles. The van der Waals surface area contributed by atoms with Gasteiger partial charge in [-0.15, -0.1) is 0 Å². The van der Waals surface area contributed by atoms with Crippen LogP contribution in [0.1, 0.15) is 19.3 Å². The molecule has 2 aliphatic heterocycles. The Bertz CT molecular complexity index is 943. The molecule has 0 bridgehead atoms. The molecule has 1 aromatic rings. The first-order chi connectivity index (χ1) is 17.2. The van der Waals surface area contributed by atoms with Crippen molar-refractivity contribution in [3.05, 3.63) is 66.4 Å². The molecule has 0 radical (unpaired) electrons. The van der Waals surface area contributed by atoms with E-state index in [4.69, 9.17) is 14.2 Å². The lowest BCUT2D eigenvalue weighted by atomic mass is 9.90. The standard InChI is InChI=1S/C28H37N3O4/c1-33-15-7-14-30-18-21(25-10-5-6-11-26(25)30)19-31(22-12-13-22)28(32)27-17-29-16-24(35-27)20-34-23-8-3-2-4-9-23/h2-6,8-11,18,22,24-27,29H,7,12-17,19-20H2,1H3/t24-,25?,26?,27+/m0/s1. The molecule has 4 aliphatic rings. The molecule has 2 heterocycles. The van der Waals surface area contributed by atoms with Crippen molar-refractivity contribution in [3.8, 4) is 5.75 Å². The predicted molar refractivity (Wildman–Crippen MR) is 135 cm³/mol. The summed E-state index contributed by atoms with van der Waals surface area (Å²) in [7, 11) is 1.75. The first-order valence-electron chi connectivity index (χ1n) is 12.9. The maximum Gasteiger partial charge on any atom is 0.253 e. The van der Waals surface area contributed by atoms with Gasteiger partial charge in [0.2, 0.25) is 0 Å². The molecule has 0 spiro atoms. The molecule has 0 aromatic heterocycles. The molecule has 1 aromatic carbocycles. The zero-order chi connectivity index (χ0) is 24.0. The minimum atomic E-state index is -0.480. The number of carbonyl (C=O) groups is 1. The van der Waals surface area contributed by atoms with Gasteiger partial charge in [-0.25, -0.2) is 0 Å². The third kappa shape index (κ3) is 5.97. The Labute approximate surface area is 208 Å².